The van der Waals surface area contributed by atoms with Gasteiger partial charge >= 0.3 is 0 Å². The number of fused-ring (bicyclic) bond motifs is 1. The molecule has 0 bridgehead atoms. The zero-order chi connectivity index (χ0) is 19.2. The summed E-state index contributed by atoms with van der Waals surface area (Å²) in [6.07, 6.45) is 0.872. The molecule has 1 aliphatic heterocycles. The van der Waals surface area contributed by atoms with Gasteiger partial charge in [0.05, 0.1) is 6.54 Å². The van der Waals surface area contributed by atoms with E-state index in [-0.39, 0.29) is 18.4 Å². The molecule has 142 valence electrons. The SMILES string of the molecule is Cc1cccc(C)c1NC(=O)CNC(=O)CCc1ccc2c(c1)OCCO2. The van der Waals surface area contributed by atoms with Crippen LogP contribution in [0.4, 0.5) is 5.69 Å². The number of carbonyl (C=O) groups excluding carboxylic acids is 2. The van der Waals surface area contributed by atoms with E-state index < -0.39 is 0 Å². The summed E-state index contributed by atoms with van der Waals surface area (Å²) in [5.41, 5.74) is 3.78. The van der Waals surface area contributed by atoms with Crippen molar-refractivity contribution in [1.29, 1.82) is 0 Å². The van der Waals surface area contributed by atoms with Gasteiger partial charge in [-0.05, 0) is 49.1 Å². The molecule has 0 saturated carbocycles. The Morgan fingerprint density at radius 2 is 1.67 bits per heavy atom. The number of amides is 2. The fraction of sp³-hybridized carbons (Fsp3) is 0.333. The summed E-state index contributed by atoms with van der Waals surface area (Å²) in [6, 6.07) is 11.5. The Bertz CT molecular complexity index is 828. The number of hydrogen-bond donors (Lipinski definition) is 2. The summed E-state index contributed by atoms with van der Waals surface area (Å²) in [5, 5.41) is 5.52. The Balaban J connectivity index is 1.45. The first kappa shape index (κ1) is 18.8. The van der Waals surface area contributed by atoms with Crippen molar-refractivity contribution >= 4 is 17.5 Å². The van der Waals surface area contributed by atoms with Gasteiger partial charge in [-0.1, -0.05) is 24.3 Å². The molecule has 2 N–H and O–H groups in total. The van der Waals surface area contributed by atoms with E-state index in [1.165, 1.54) is 0 Å². The van der Waals surface area contributed by atoms with Gasteiger partial charge in [-0.2, -0.15) is 0 Å². The standard InChI is InChI=1S/C21H24N2O4/c1-14-4-3-5-15(2)21(14)23-20(25)13-22-19(24)9-7-16-6-8-17-18(12-16)27-11-10-26-17/h3-6,8,12H,7,9-11,13H2,1-2H3,(H,22,24)(H,23,25). The van der Waals surface area contributed by atoms with Crippen LogP contribution in [0.25, 0.3) is 0 Å². The van der Waals surface area contributed by atoms with Gasteiger partial charge in [0, 0.05) is 12.1 Å². The van der Waals surface area contributed by atoms with Crippen LogP contribution in [-0.2, 0) is 16.0 Å². The number of nitrogens with one attached hydrogen (secondary N) is 2. The third-order valence-electron chi connectivity index (χ3n) is 4.44. The predicted octanol–water partition coefficient (Wildman–Crippen LogP) is 2.76. The molecule has 0 fully saturated rings. The highest BCUT2D eigenvalue weighted by Crippen LogP contribution is 2.31. The van der Waals surface area contributed by atoms with Gasteiger partial charge in [-0.25, -0.2) is 0 Å². The molecule has 0 radical (unpaired) electrons. The van der Waals surface area contributed by atoms with E-state index in [0.717, 1.165) is 28.1 Å². The molecule has 1 aliphatic rings. The average Bonchev–Trinajstić information content (AvgIpc) is 2.67. The lowest BCUT2D eigenvalue weighted by molar-refractivity contribution is -0.124. The second-order valence-electron chi connectivity index (χ2n) is 6.57. The van der Waals surface area contributed by atoms with Crippen molar-refractivity contribution in [2.45, 2.75) is 26.7 Å². The third kappa shape index (κ3) is 5.00. The van der Waals surface area contributed by atoms with Gasteiger partial charge in [-0.15, -0.1) is 0 Å². The Labute approximate surface area is 158 Å². The molecule has 0 atom stereocenters. The van der Waals surface area contributed by atoms with Crippen molar-refractivity contribution in [3.8, 4) is 11.5 Å². The van der Waals surface area contributed by atoms with E-state index in [2.05, 4.69) is 10.6 Å². The van der Waals surface area contributed by atoms with Crippen LogP contribution in [0.15, 0.2) is 36.4 Å². The molecule has 2 aromatic rings. The Kier molecular flexibility index (Phi) is 5.96. The van der Waals surface area contributed by atoms with E-state index in [1.807, 2.05) is 50.2 Å². The third-order valence-corrected chi connectivity index (χ3v) is 4.44. The minimum atomic E-state index is -0.236. The molecule has 0 aromatic heterocycles. The van der Waals surface area contributed by atoms with Gasteiger partial charge < -0.3 is 20.1 Å². The molecule has 0 saturated heterocycles. The molecule has 0 spiro atoms. The maximum atomic E-state index is 12.1. The first-order valence-electron chi connectivity index (χ1n) is 9.04. The molecule has 2 amide bonds. The van der Waals surface area contributed by atoms with E-state index in [0.29, 0.717) is 31.8 Å². The van der Waals surface area contributed by atoms with Crippen LogP contribution in [0.5, 0.6) is 11.5 Å². The van der Waals surface area contributed by atoms with Crippen molar-refractivity contribution in [2.24, 2.45) is 0 Å². The van der Waals surface area contributed by atoms with Crippen molar-refractivity contribution in [3.63, 3.8) is 0 Å². The van der Waals surface area contributed by atoms with Crippen LogP contribution in [-0.4, -0.2) is 31.6 Å². The molecule has 0 unspecified atom stereocenters. The predicted molar refractivity (Wildman–Crippen MR) is 103 cm³/mol. The lowest BCUT2D eigenvalue weighted by atomic mass is 10.1. The maximum absolute atomic E-state index is 12.1. The second-order valence-corrected chi connectivity index (χ2v) is 6.57. The number of benzene rings is 2. The van der Waals surface area contributed by atoms with Gasteiger partial charge in [0.15, 0.2) is 11.5 Å². The van der Waals surface area contributed by atoms with Crippen molar-refractivity contribution in [2.75, 3.05) is 25.1 Å². The van der Waals surface area contributed by atoms with E-state index in [1.54, 1.807) is 0 Å². The minimum absolute atomic E-state index is 0.0479. The highest BCUT2D eigenvalue weighted by atomic mass is 16.6. The number of anilines is 1. The number of ether oxygens (including phenoxy) is 2. The van der Waals surface area contributed by atoms with Crippen molar-refractivity contribution in [1.82, 2.24) is 5.32 Å². The fourth-order valence-corrected chi connectivity index (χ4v) is 2.96. The van der Waals surface area contributed by atoms with Crippen LogP contribution in [0.2, 0.25) is 0 Å². The number of hydrogen-bond acceptors (Lipinski definition) is 4. The summed E-state index contributed by atoms with van der Waals surface area (Å²) in [4.78, 5) is 24.1. The van der Waals surface area contributed by atoms with Crippen molar-refractivity contribution in [3.05, 3.63) is 53.1 Å². The largest absolute Gasteiger partial charge is 0.486 e. The second kappa shape index (κ2) is 8.58. The number of para-hydroxylation sites is 1. The molecule has 0 aliphatic carbocycles. The smallest absolute Gasteiger partial charge is 0.243 e. The Hall–Kier alpha value is -3.02. The van der Waals surface area contributed by atoms with E-state index >= 15 is 0 Å². The molecule has 2 aromatic carbocycles. The van der Waals surface area contributed by atoms with Crippen LogP contribution >= 0.6 is 0 Å². The lowest BCUT2D eigenvalue weighted by Crippen LogP contribution is -2.33. The lowest BCUT2D eigenvalue weighted by Gasteiger charge is -2.18. The average molecular weight is 368 g/mol. The number of carbonyl (C=O) groups is 2. The molecule has 27 heavy (non-hydrogen) atoms. The van der Waals surface area contributed by atoms with Crippen LogP contribution in [0, 0.1) is 13.8 Å². The van der Waals surface area contributed by atoms with Gasteiger partial charge in [0.25, 0.3) is 0 Å². The van der Waals surface area contributed by atoms with Crippen molar-refractivity contribution < 1.29 is 19.1 Å². The quantitative estimate of drug-likeness (QED) is 0.822. The fourth-order valence-electron chi connectivity index (χ4n) is 2.96. The topological polar surface area (TPSA) is 76.7 Å². The number of aryl methyl sites for hydroxylation is 3. The van der Waals surface area contributed by atoms with Crippen LogP contribution in [0.1, 0.15) is 23.1 Å². The summed E-state index contributed by atoms with van der Waals surface area (Å²) >= 11 is 0. The monoisotopic (exact) mass is 368 g/mol. The highest BCUT2D eigenvalue weighted by Gasteiger charge is 2.13. The summed E-state index contributed by atoms with van der Waals surface area (Å²) in [5.74, 6) is 1.05. The van der Waals surface area contributed by atoms with Crippen LogP contribution < -0.4 is 20.1 Å². The van der Waals surface area contributed by atoms with Crippen LogP contribution in [0.3, 0.4) is 0 Å². The maximum Gasteiger partial charge on any atom is 0.243 e. The summed E-state index contributed by atoms with van der Waals surface area (Å²) in [7, 11) is 0. The zero-order valence-corrected chi connectivity index (χ0v) is 15.6. The Morgan fingerprint density at radius 3 is 2.41 bits per heavy atom. The van der Waals surface area contributed by atoms with E-state index in [4.69, 9.17) is 9.47 Å². The molecule has 1 heterocycles. The van der Waals surface area contributed by atoms with Gasteiger partial charge in [0.2, 0.25) is 11.8 Å². The van der Waals surface area contributed by atoms with Gasteiger partial charge in [-0.3, -0.25) is 9.59 Å². The molecular formula is C21H24N2O4. The summed E-state index contributed by atoms with van der Waals surface area (Å²) in [6.45, 7) is 4.92. The number of rotatable bonds is 6. The van der Waals surface area contributed by atoms with E-state index in [9.17, 15) is 9.59 Å². The minimum Gasteiger partial charge on any atom is -0.486 e. The zero-order valence-electron chi connectivity index (χ0n) is 15.6. The first-order valence-corrected chi connectivity index (χ1v) is 9.04. The first-order chi connectivity index (χ1) is 13.0. The molecule has 6 heteroatoms. The normalized spacial score (nSPS) is 12.4. The Morgan fingerprint density at radius 1 is 0.963 bits per heavy atom. The highest BCUT2D eigenvalue weighted by molar-refractivity contribution is 5.95. The molecule has 6 nitrogen and oxygen atoms in total. The molecule has 3 rings (SSSR count). The summed E-state index contributed by atoms with van der Waals surface area (Å²) < 4.78 is 11.0. The molecular weight excluding hydrogens is 344 g/mol. The van der Waals surface area contributed by atoms with Gasteiger partial charge in [0.1, 0.15) is 13.2 Å².